The molecule has 0 saturated carbocycles. The number of halogens is 1. The number of carbonyl (C=O) groups is 2. The molecule has 20 heavy (non-hydrogen) atoms. The fraction of sp³-hybridized carbons (Fsp3) is 0.429. The number of nitrogens with zero attached hydrogens (tertiary/aromatic N) is 1. The number of nitrogens with one attached hydrogen (secondary N) is 1. The van der Waals surface area contributed by atoms with Crippen LogP contribution in [-0.2, 0) is 4.79 Å². The van der Waals surface area contributed by atoms with Crippen molar-refractivity contribution in [2.45, 2.75) is 12.5 Å². The highest BCUT2D eigenvalue weighted by atomic mass is 19.1. The molecule has 0 radical (unpaired) electrons. The molecule has 6 heteroatoms. The van der Waals surface area contributed by atoms with Crippen LogP contribution in [-0.4, -0.2) is 55.0 Å². The Morgan fingerprint density at radius 3 is 2.40 bits per heavy atom. The monoisotopic (exact) mass is 282 g/mol. The molecule has 0 bridgehead atoms. The summed E-state index contributed by atoms with van der Waals surface area (Å²) in [4.78, 5) is 25.0. The molecule has 0 spiro atoms. The zero-order valence-corrected chi connectivity index (χ0v) is 11.6. The summed E-state index contributed by atoms with van der Waals surface area (Å²) in [6.07, 6.45) is -0.302. The van der Waals surface area contributed by atoms with E-state index in [9.17, 15) is 14.0 Å². The van der Waals surface area contributed by atoms with Gasteiger partial charge in [-0.2, -0.15) is 0 Å². The zero-order valence-electron chi connectivity index (χ0n) is 11.6. The van der Waals surface area contributed by atoms with E-state index in [0.29, 0.717) is 18.7 Å². The van der Waals surface area contributed by atoms with E-state index in [1.807, 2.05) is 19.0 Å². The number of benzene rings is 1. The van der Waals surface area contributed by atoms with Crippen molar-refractivity contribution in [2.75, 3.05) is 27.2 Å². The van der Waals surface area contributed by atoms with Gasteiger partial charge in [0.15, 0.2) is 5.78 Å². The number of hydrogen-bond donors (Lipinski definition) is 2. The summed E-state index contributed by atoms with van der Waals surface area (Å²) < 4.78 is 12.8. The van der Waals surface area contributed by atoms with Crippen molar-refractivity contribution >= 4 is 11.8 Å². The maximum absolute atomic E-state index is 12.8. The van der Waals surface area contributed by atoms with Crippen LogP contribution in [0, 0.1) is 5.82 Å². The van der Waals surface area contributed by atoms with Gasteiger partial charge in [-0.15, -0.1) is 0 Å². The van der Waals surface area contributed by atoms with Gasteiger partial charge in [-0.05, 0) is 38.4 Å². The first-order valence-electron chi connectivity index (χ1n) is 6.30. The Morgan fingerprint density at radius 2 is 1.90 bits per heavy atom. The second-order valence-corrected chi connectivity index (χ2v) is 4.78. The minimum absolute atomic E-state index is 0.301. The maximum Gasteiger partial charge on any atom is 0.305 e. The molecule has 0 aliphatic rings. The van der Waals surface area contributed by atoms with Crippen molar-refractivity contribution in [1.29, 1.82) is 0 Å². The van der Waals surface area contributed by atoms with Crippen LogP contribution in [0.25, 0.3) is 0 Å². The van der Waals surface area contributed by atoms with Gasteiger partial charge in [0.1, 0.15) is 5.82 Å². The lowest BCUT2D eigenvalue weighted by molar-refractivity contribution is -0.137. The molecule has 0 saturated heterocycles. The maximum atomic E-state index is 12.8. The lowest BCUT2D eigenvalue weighted by Gasteiger charge is -2.17. The van der Waals surface area contributed by atoms with E-state index in [4.69, 9.17) is 5.11 Å². The molecule has 0 heterocycles. The molecule has 110 valence electrons. The summed E-state index contributed by atoms with van der Waals surface area (Å²) in [5, 5.41) is 11.8. The minimum Gasteiger partial charge on any atom is -0.481 e. The van der Waals surface area contributed by atoms with Gasteiger partial charge in [-0.25, -0.2) is 4.39 Å². The largest absolute Gasteiger partial charge is 0.481 e. The van der Waals surface area contributed by atoms with Crippen molar-refractivity contribution < 1.29 is 19.1 Å². The summed E-state index contributed by atoms with van der Waals surface area (Å²) in [5.74, 6) is -1.83. The van der Waals surface area contributed by atoms with Crippen molar-refractivity contribution in [3.63, 3.8) is 0 Å². The summed E-state index contributed by atoms with van der Waals surface area (Å²) in [6, 6.07) is 4.29. The molecular formula is C14H19FN2O3. The first-order chi connectivity index (χ1) is 9.40. The summed E-state index contributed by atoms with van der Waals surface area (Å²) >= 11 is 0. The van der Waals surface area contributed by atoms with Gasteiger partial charge in [-0.3, -0.25) is 9.59 Å². The number of carboxylic acids is 1. The molecule has 0 aromatic heterocycles. The predicted molar refractivity (Wildman–Crippen MR) is 73.3 cm³/mol. The molecule has 0 amide bonds. The fourth-order valence-electron chi connectivity index (χ4n) is 1.71. The average molecular weight is 282 g/mol. The first-order valence-corrected chi connectivity index (χ1v) is 6.30. The third-order valence-electron chi connectivity index (χ3n) is 2.77. The van der Waals surface area contributed by atoms with Crippen LogP contribution in [0.1, 0.15) is 16.8 Å². The topological polar surface area (TPSA) is 69.6 Å². The molecule has 0 fully saturated rings. The van der Waals surface area contributed by atoms with Gasteiger partial charge in [0.2, 0.25) is 0 Å². The molecule has 2 N–H and O–H groups in total. The van der Waals surface area contributed by atoms with Crippen molar-refractivity contribution in [1.82, 2.24) is 10.2 Å². The Labute approximate surface area is 117 Å². The average Bonchev–Trinajstić information content (AvgIpc) is 2.37. The second kappa shape index (κ2) is 7.72. The standard InChI is InChI=1S/C14H19FN2O3/c1-17(2)8-7-16-12(9-13(18)19)14(20)10-3-5-11(15)6-4-10/h3-6,12,16H,7-9H2,1-2H3,(H,18,19). The van der Waals surface area contributed by atoms with Crippen LogP contribution in [0.3, 0.4) is 0 Å². The fourth-order valence-corrected chi connectivity index (χ4v) is 1.71. The Balaban J connectivity index is 2.73. The van der Waals surface area contributed by atoms with Crippen LogP contribution >= 0.6 is 0 Å². The SMILES string of the molecule is CN(C)CCNC(CC(=O)O)C(=O)c1ccc(F)cc1. The minimum atomic E-state index is -1.05. The molecule has 0 aliphatic carbocycles. The molecule has 0 aliphatic heterocycles. The third kappa shape index (κ3) is 5.46. The zero-order chi connectivity index (χ0) is 15.1. The lowest BCUT2D eigenvalue weighted by Crippen LogP contribution is -2.41. The van der Waals surface area contributed by atoms with Gasteiger partial charge < -0.3 is 15.3 Å². The van der Waals surface area contributed by atoms with Crippen molar-refractivity contribution in [2.24, 2.45) is 0 Å². The van der Waals surface area contributed by atoms with E-state index in [-0.39, 0.29) is 12.2 Å². The number of likely N-dealkylation sites (N-methyl/N-ethyl adjacent to an activating group) is 1. The molecule has 5 nitrogen and oxygen atoms in total. The summed E-state index contributed by atoms with van der Waals surface area (Å²) in [5.41, 5.74) is 0.301. The Bertz CT molecular complexity index is 460. The first kappa shape index (κ1) is 16.3. The second-order valence-electron chi connectivity index (χ2n) is 4.78. The highest BCUT2D eigenvalue weighted by Gasteiger charge is 2.22. The van der Waals surface area contributed by atoms with E-state index in [2.05, 4.69) is 5.32 Å². The van der Waals surface area contributed by atoms with Gasteiger partial charge in [0.05, 0.1) is 12.5 Å². The van der Waals surface area contributed by atoms with E-state index < -0.39 is 17.8 Å². The highest BCUT2D eigenvalue weighted by Crippen LogP contribution is 2.08. The van der Waals surface area contributed by atoms with Gasteiger partial charge in [-0.1, -0.05) is 0 Å². The summed E-state index contributed by atoms with van der Waals surface area (Å²) in [6.45, 7) is 1.19. The van der Waals surface area contributed by atoms with E-state index in [1.165, 1.54) is 24.3 Å². The Morgan fingerprint density at radius 1 is 1.30 bits per heavy atom. The molecule has 1 unspecified atom stereocenters. The molecule has 1 aromatic rings. The number of ketones is 1. The number of rotatable bonds is 8. The van der Waals surface area contributed by atoms with E-state index in [1.54, 1.807) is 0 Å². The quantitative estimate of drug-likeness (QED) is 0.696. The lowest BCUT2D eigenvalue weighted by atomic mass is 10.0. The van der Waals surface area contributed by atoms with Gasteiger partial charge >= 0.3 is 5.97 Å². The highest BCUT2D eigenvalue weighted by molar-refractivity contribution is 6.01. The van der Waals surface area contributed by atoms with Crippen LogP contribution in [0.4, 0.5) is 4.39 Å². The predicted octanol–water partition coefficient (Wildman–Crippen LogP) is 1.00. The van der Waals surface area contributed by atoms with Crippen LogP contribution in [0.2, 0.25) is 0 Å². The van der Waals surface area contributed by atoms with E-state index in [0.717, 1.165) is 0 Å². The van der Waals surface area contributed by atoms with E-state index >= 15 is 0 Å². The van der Waals surface area contributed by atoms with Crippen molar-refractivity contribution in [3.05, 3.63) is 35.6 Å². The van der Waals surface area contributed by atoms with Gasteiger partial charge in [0, 0.05) is 18.7 Å². The number of Topliss-reactive ketones (excluding diaryl/α,β-unsaturated/α-hetero) is 1. The Kier molecular flexibility index (Phi) is 6.27. The third-order valence-corrected chi connectivity index (χ3v) is 2.77. The van der Waals surface area contributed by atoms with Crippen LogP contribution in [0.15, 0.2) is 24.3 Å². The smallest absolute Gasteiger partial charge is 0.305 e. The normalized spacial score (nSPS) is 12.4. The number of carbonyl (C=O) groups excluding carboxylic acids is 1. The van der Waals surface area contributed by atoms with Gasteiger partial charge in [0.25, 0.3) is 0 Å². The molecule has 1 aromatic carbocycles. The number of aliphatic carboxylic acids is 1. The number of carboxylic acid groups (broad SMARTS) is 1. The van der Waals surface area contributed by atoms with Crippen LogP contribution in [0.5, 0.6) is 0 Å². The molecular weight excluding hydrogens is 263 g/mol. The molecule has 1 atom stereocenters. The number of hydrogen-bond acceptors (Lipinski definition) is 4. The molecule has 1 rings (SSSR count). The summed E-state index contributed by atoms with van der Waals surface area (Å²) in [7, 11) is 3.77. The van der Waals surface area contributed by atoms with Crippen LogP contribution < -0.4 is 5.32 Å². The Hall–Kier alpha value is -1.79. The van der Waals surface area contributed by atoms with Crippen molar-refractivity contribution in [3.8, 4) is 0 Å².